The fourth-order valence-electron chi connectivity index (χ4n) is 2.64. The minimum absolute atomic E-state index is 0.170. The number of aryl methyl sites for hydroxylation is 1. The number of aromatic nitrogens is 3. The molecule has 1 fully saturated rings. The molecule has 0 unspecified atom stereocenters. The first-order chi connectivity index (χ1) is 11.6. The van der Waals surface area contributed by atoms with Crippen molar-refractivity contribution in [3.63, 3.8) is 0 Å². The highest BCUT2D eigenvalue weighted by Crippen LogP contribution is 2.17. The average molecular weight is 328 g/mol. The highest BCUT2D eigenvalue weighted by atomic mass is 16.5. The lowest BCUT2D eigenvalue weighted by Crippen LogP contribution is -2.37. The minimum atomic E-state index is -0.780. The third kappa shape index (κ3) is 3.18. The molecule has 2 aromatic heterocycles. The third-order valence-electron chi connectivity index (χ3n) is 3.72. The van der Waals surface area contributed by atoms with E-state index >= 15 is 0 Å². The van der Waals surface area contributed by atoms with Crippen molar-refractivity contribution in [3.05, 3.63) is 35.6 Å². The molecule has 0 aromatic carbocycles. The molecule has 1 atom stereocenters. The number of carbonyl (C=O) groups is 1. The van der Waals surface area contributed by atoms with Gasteiger partial charge in [0.2, 0.25) is 0 Å². The molecule has 1 saturated heterocycles. The first-order valence-electron chi connectivity index (χ1n) is 7.45. The minimum Gasteiger partial charge on any atom is -0.389 e. The van der Waals surface area contributed by atoms with E-state index < -0.39 is 6.10 Å². The molecule has 24 heavy (non-hydrogen) atoms. The molecule has 0 spiro atoms. The maximum absolute atomic E-state index is 12.5. The molecule has 0 radical (unpaired) electrons. The van der Waals surface area contributed by atoms with Gasteiger partial charge in [-0.05, 0) is 6.92 Å². The van der Waals surface area contributed by atoms with E-state index in [2.05, 4.69) is 15.1 Å². The summed E-state index contributed by atoms with van der Waals surface area (Å²) in [6.45, 7) is 2.93. The number of carbonyl (C=O) groups excluding carboxylic acids is 1. The van der Waals surface area contributed by atoms with Gasteiger partial charge in [0, 0.05) is 44.6 Å². The molecule has 3 heterocycles. The summed E-state index contributed by atoms with van der Waals surface area (Å²) in [7, 11) is 0. The lowest BCUT2D eigenvalue weighted by Gasteiger charge is -2.22. The molecule has 9 heteroatoms. The summed E-state index contributed by atoms with van der Waals surface area (Å²) in [4.78, 5) is 23.9. The van der Waals surface area contributed by atoms with E-state index in [4.69, 9.17) is 9.78 Å². The Morgan fingerprint density at radius 3 is 2.88 bits per heavy atom. The van der Waals surface area contributed by atoms with Crippen LogP contribution in [0.15, 0.2) is 23.0 Å². The highest BCUT2D eigenvalue weighted by molar-refractivity contribution is 5.92. The van der Waals surface area contributed by atoms with Gasteiger partial charge in [0.05, 0.1) is 6.10 Å². The zero-order valence-corrected chi connectivity index (χ0v) is 13.1. The van der Waals surface area contributed by atoms with Crippen LogP contribution in [0.1, 0.15) is 21.9 Å². The quantitative estimate of drug-likeness (QED) is 0.816. The van der Waals surface area contributed by atoms with E-state index in [0.717, 1.165) is 0 Å². The van der Waals surface area contributed by atoms with Crippen LogP contribution < -0.4 is 4.90 Å². The number of aliphatic hydroxyl groups excluding tert-OH is 1. The van der Waals surface area contributed by atoms with Crippen LogP contribution in [0.2, 0.25) is 0 Å². The number of anilines is 1. The van der Waals surface area contributed by atoms with Crippen LogP contribution in [0, 0.1) is 18.3 Å². The van der Waals surface area contributed by atoms with Crippen LogP contribution in [0.4, 0.5) is 5.82 Å². The summed E-state index contributed by atoms with van der Waals surface area (Å²) in [5.74, 6) is 0.659. The molecule has 0 bridgehead atoms. The average Bonchev–Trinajstić information content (AvgIpc) is 2.92. The number of β-amino-alcohol motifs (C(OH)–C–C–N with tert-alkyl or cyclic N) is 1. The largest absolute Gasteiger partial charge is 0.389 e. The maximum atomic E-state index is 12.5. The molecule has 0 aliphatic carbocycles. The number of hydrogen-bond donors (Lipinski definition) is 1. The number of rotatable bonds is 2. The van der Waals surface area contributed by atoms with Gasteiger partial charge in [0.25, 0.3) is 5.91 Å². The SMILES string of the molecule is Cc1cc(C(=O)N2CCN(c3nccnc3C#N)C[C@H](O)C2)no1. The van der Waals surface area contributed by atoms with E-state index in [9.17, 15) is 9.90 Å². The summed E-state index contributed by atoms with van der Waals surface area (Å²) in [6, 6.07) is 3.55. The fraction of sp³-hybridized carbons (Fsp3) is 0.400. The molecule has 124 valence electrons. The third-order valence-corrected chi connectivity index (χ3v) is 3.72. The van der Waals surface area contributed by atoms with E-state index in [1.54, 1.807) is 17.9 Å². The second kappa shape index (κ2) is 6.64. The summed E-state index contributed by atoms with van der Waals surface area (Å²) in [5, 5.41) is 23.1. The van der Waals surface area contributed by atoms with Crippen LogP contribution in [0.3, 0.4) is 0 Å². The van der Waals surface area contributed by atoms with Gasteiger partial charge in [-0.25, -0.2) is 9.97 Å². The Kier molecular flexibility index (Phi) is 4.39. The lowest BCUT2D eigenvalue weighted by molar-refractivity contribution is 0.0664. The molecule has 9 nitrogen and oxygen atoms in total. The lowest BCUT2D eigenvalue weighted by atomic mass is 10.3. The Morgan fingerprint density at radius 1 is 1.38 bits per heavy atom. The Balaban J connectivity index is 1.78. The van der Waals surface area contributed by atoms with E-state index in [1.807, 2.05) is 6.07 Å². The highest BCUT2D eigenvalue weighted by Gasteiger charge is 2.28. The van der Waals surface area contributed by atoms with Crippen molar-refractivity contribution in [2.24, 2.45) is 0 Å². The molecule has 2 aromatic rings. The van der Waals surface area contributed by atoms with Crippen molar-refractivity contribution in [2.45, 2.75) is 13.0 Å². The molecule has 1 N–H and O–H groups in total. The van der Waals surface area contributed by atoms with Crippen LogP contribution in [-0.2, 0) is 0 Å². The second-order valence-corrected chi connectivity index (χ2v) is 5.51. The van der Waals surface area contributed by atoms with E-state index in [1.165, 1.54) is 17.3 Å². The fourth-order valence-corrected chi connectivity index (χ4v) is 2.64. The molecule has 3 rings (SSSR count). The molecule has 1 amide bonds. The smallest absolute Gasteiger partial charge is 0.276 e. The van der Waals surface area contributed by atoms with Gasteiger partial charge < -0.3 is 19.4 Å². The summed E-state index contributed by atoms with van der Waals surface area (Å²) in [6.07, 6.45) is 2.16. The standard InChI is InChI=1S/C15H16N6O3/c1-10-6-12(19-24-10)15(23)21-5-4-20(8-11(22)9-21)14-13(7-16)17-2-3-18-14/h2-3,6,11,22H,4-5,8-9H2,1H3/t11-/m0/s1. The maximum Gasteiger partial charge on any atom is 0.276 e. The van der Waals surface area contributed by atoms with Gasteiger partial charge in [-0.2, -0.15) is 5.26 Å². The number of hydrogen-bond acceptors (Lipinski definition) is 8. The second-order valence-electron chi connectivity index (χ2n) is 5.51. The van der Waals surface area contributed by atoms with Crippen molar-refractivity contribution in [3.8, 4) is 6.07 Å². The van der Waals surface area contributed by atoms with Gasteiger partial charge >= 0.3 is 0 Å². The molecule has 1 aliphatic rings. The van der Waals surface area contributed by atoms with Gasteiger partial charge in [-0.3, -0.25) is 4.79 Å². The van der Waals surface area contributed by atoms with Crippen molar-refractivity contribution in [1.82, 2.24) is 20.0 Å². The van der Waals surface area contributed by atoms with Crippen LogP contribution >= 0.6 is 0 Å². The van der Waals surface area contributed by atoms with E-state index in [0.29, 0.717) is 24.7 Å². The van der Waals surface area contributed by atoms with Gasteiger partial charge in [-0.1, -0.05) is 5.16 Å². The Hall–Kier alpha value is -2.99. The molecular formula is C15H16N6O3. The zero-order chi connectivity index (χ0) is 17.1. The van der Waals surface area contributed by atoms with Crippen LogP contribution in [-0.4, -0.2) is 63.3 Å². The van der Waals surface area contributed by atoms with Crippen molar-refractivity contribution < 1.29 is 14.4 Å². The normalized spacial score (nSPS) is 18.1. The molecule has 0 saturated carbocycles. The van der Waals surface area contributed by atoms with Crippen molar-refractivity contribution in [2.75, 3.05) is 31.1 Å². The van der Waals surface area contributed by atoms with E-state index in [-0.39, 0.29) is 30.4 Å². The Labute approximate surface area is 138 Å². The summed E-state index contributed by atoms with van der Waals surface area (Å²) < 4.78 is 4.93. The predicted molar refractivity (Wildman–Crippen MR) is 82.1 cm³/mol. The zero-order valence-electron chi connectivity index (χ0n) is 13.1. The van der Waals surface area contributed by atoms with Crippen LogP contribution in [0.25, 0.3) is 0 Å². The Bertz CT molecular complexity index is 784. The van der Waals surface area contributed by atoms with Gasteiger partial charge in [0.15, 0.2) is 17.2 Å². The van der Waals surface area contributed by atoms with Crippen molar-refractivity contribution >= 4 is 11.7 Å². The molecule has 1 aliphatic heterocycles. The Morgan fingerprint density at radius 2 is 2.17 bits per heavy atom. The number of aliphatic hydroxyl groups is 1. The van der Waals surface area contributed by atoms with Gasteiger partial charge in [-0.15, -0.1) is 0 Å². The summed E-state index contributed by atoms with van der Waals surface area (Å²) in [5.41, 5.74) is 0.405. The first-order valence-corrected chi connectivity index (χ1v) is 7.45. The summed E-state index contributed by atoms with van der Waals surface area (Å²) >= 11 is 0. The number of nitrogens with zero attached hydrogens (tertiary/aromatic N) is 6. The van der Waals surface area contributed by atoms with Gasteiger partial charge in [0.1, 0.15) is 11.8 Å². The first kappa shape index (κ1) is 15.9. The molecular weight excluding hydrogens is 312 g/mol. The number of amides is 1. The topological polar surface area (TPSA) is 119 Å². The predicted octanol–water partition coefficient (Wildman–Crippen LogP) is -0.0320. The number of nitriles is 1. The monoisotopic (exact) mass is 328 g/mol. The van der Waals surface area contributed by atoms with Crippen molar-refractivity contribution in [1.29, 1.82) is 5.26 Å². The van der Waals surface area contributed by atoms with Crippen LogP contribution in [0.5, 0.6) is 0 Å².